The van der Waals surface area contributed by atoms with Crippen molar-refractivity contribution in [2.24, 2.45) is 0 Å². The second-order valence-electron chi connectivity index (χ2n) is 9.40. The van der Waals surface area contributed by atoms with Gasteiger partial charge in [-0.3, -0.25) is 24.1 Å². The molecule has 37 heavy (non-hydrogen) atoms. The lowest BCUT2D eigenvalue weighted by Gasteiger charge is -2.44. The summed E-state index contributed by atoms with van der Waals surface area (Å²) in [7, 11) is 1.26. The van der Waals surface area contributed by atoms with Gasteiger partial charge >= 0.3 is 23.8 Å². The lowest BCUT2D eigenvalue weighted by molar-refractivity contribution is -0.162. The Morgan fingerprint density at radius 1 is 1.11 bits per heavy atom. The number of fused-ring (bicyclic) bond motifs is 1. The molecule has 3 aliphatic rings. The van der Waals surface area contributed by atoms with Crippen molar-refractivity contribution in [1.82, 2.24) is 25.3 Å². The SMILES string of the molecule is CCN1CCN(C(=O)N[C@@H](C(=O)N[C@@H]2C(=O)N3C(C(=O)OC)C(C)(C)S[C@H]23)c2ccccc2)C(=O)C1=O. The maximum Gasteiger partial charge on any atom is 0.330 e. The number of imide groups is 1. The van der Waals surface area contributed by atoms with E-state index in [1.165, 1.54) is 28.7 Å². The van der Waals surface area contributed by atoms with Gasteiger partial charge in [-0.15, -0.1) is 11.8 Å². The predicted octanol–water partition coefficient (Wildman–Crippen LogP) is -0.152. The number of piperazine rings is 1. The van der Waals surface area contributed by atoms with E-state index in [1.54, 1.807) is 37.3 Å². The Labute approximate surface area is 218 Å². The van der Waals surface area contributed by atoms with Crippen LogP contribution in [0.25, 0.3) is 0 Å². The molecule has 1 unspecified atom stereocenters. The zero-order chi connectivity index (χ0) is 27.1. The van der Waals surface area contributed by atoms with E-state index in [-0.39, 0.29) is 13.1 Å². The molecule has 6 amide bonds. The normalized spacial score (nSPS) is 25.2. The molecule has 3 aliphatic heterocycles. The number of esters is 1. The van der Waals surface area contributed by atoms with E-state index in [0.29, 0.717) is 12.1 Å². The average Bonchev–Trinajstić information content (AvgIpc) is 3.14. The Kier molecular flexibility index (Phi) is 7.18. The molecule has 12 nitrogen and oxygen atoms in total. The van der Waals surface area contributed by atoms with Crippen LogP contribution in [-0.4, -0.2) is 99.3 Å². The number of carbonyl (C=O) groups excluding carboxylic acids is 6. The zero-order valence-corrected chi connectivity index (χ0v) is 21.7. The Hall–Kier alpha value is -3.61. The summed E-state index contributed by atoms with van der Waals surface area (Å²) in [5, 5.41) is 4.76. The Morgan fingerprint density at radius 3 is 2.41 bits per heavy atom. The minimum Gasteiger partial charge on any atom is -0.467 e. The molecule has 0 bridgehead atoms. The molecule has 4 atom stereocenters. The molecule has 3 heterocycles. The number of benzene rings is 1. The van der Waals surface area contributed by atoms with Crippen molar-refractivity contribution in [3.8, 4) is 0 Å². The van der Waals surface area contributed by atoms with Crippen molar-refractivity contribution in [3.05, 3.63) is 35.9 Å². The number of hydrogen-bond donors (Lipinski definition) is 2. The van der Waals surface area contributed by atoms with Gasteiger partial charge in [-0.05, 0) is 26.3 Å². The first-order chi connectivity index (χ1) is 17.5. The van der Waals surface area contributed by atoms with Crippen molar-refractivity contribution in [1.29, 1.82) is 0 Å². The first kappa shape index (κ1) is 26.5. The molecule has 2 N–H and O–H groups in total. The zero-order valence-electron chi connectivity index (χ0n) is 20.9. The third-order valence-electron chi connectivity index (χ3n) is 6.76. The second kappa shape index (κ2) is 10.0. The van der Waals surface area contributed by atoms with Crippen molar-refractivity contribution in [3.63, 3.8) is 0 Å². The highest BCUT2D eigenvalue weighted by molar-refractivity contribution is 8.01. The Bertz CT molecular complexity index is 1140. The van der Waals surface area contributed by atoms with Crippen LogP contribution in [0.15, 0.2) is 30.3 Å². The topological polar surface area (TPSA) is 145 Å². The van der Waals surface area contributed by atoms with Crippen LogP contribution in [0.2, 0.25) is 0 Å². The molecule has 4 rings (SSSR count). The van der Waals surface area contributed by atoms with Gasteiger partial charge in [-0.2, -0.15) is 0 Å². The smallest absolute Gasteiger partial charge is 0.330 e. The van der Waals surface area contributed by atoms with Crippen molar-refractivity contribution >= 4 is 47.4 Å². The number of β-lactam (4-membered cyclic amide) rings is 1. The fourth-order valence-electron chi connectivity index (χ4n) is 4.79. The molecule has 0 aromatic heterocycles. The number of amides is 6. The fraction of sp³-hybridized carbons (Fsp3) is 0.500. The number of thioether (sulfide) groups is 1. The third-order valence-corrected chi connectivity index (χ3v) is 8.33. The predicted molar refractivity (Wildman–Crippen MR) is 132 cm³/mol. The molecule has 1 aromatic carbocycles. The fourth-order valence-corrected chi connectivity index (χ4v) is 6.41. The van der Waals surface area contributed by atoms with Gasteiger partial charge in [0, 0.05) is 24.4 Å². The molecule has 0 radical (unpaired) electrons. The molecule has 3 saturated heterocycles. The van der Waals surface area contributed by atoms with Crippen LogP contribution in [0.1, 0.15) is 32.4 Å². The summed E-state index contributed by atoms with van der Waals surface area (Å²) in [6, 6.07) is 4.54. The third kappa shape index (κ3) is 4.63. The van der Waals surface area contributed by atoms with Gasteiger partial charge in [0.25, 0.3) is 0 Å². The molecular formula is C24H29N5O7S. The van der Waals surface area contributed by atoms with Gasteiger partial charge in [0.15, 0.2) is 0 Å². The lowest BCUT2D eigenvalue weighted by atomic mass is 9.95. The largest absolute Gasteiger partial charge is 0.467 e. The van der Waals surface area contributed by atoms with Gasteiger partial charge in [0.1, 0.15) is 23.5 Å². The van der Waals surface area contributed by atoms with E-state index in [1.807, 2.05) is 13.8 Å². The van der Waals surface area contributed by atoms with E-state index in [2.05, 4.69) is 10.6 Å². The molecule has 0 saturated carbocycles. The monoisotopic (exact) mass is 531 g/mol. The van der Waals surface area contributed by atoms with Gasteiger partial charge in [-0.1, -0.05) is 30.3 Å². The number of urea groups is 1. The molecule has 3 fully saturated rings. The summed E-state index contributed by atoms with van der Waals surface area (Å²) in [6.07, 6.45) is 0. The average molecular weight is 532 g/mol. The van der Waals surface area contributed by atoms with Crippen molar-refractivity contribution in [2.75, 3.05) is 26.7 Å². The van der Waals surface area contributed by atoms with Gasteiger partial charge < -0.3 is 25.2 Å². The quantitative estimate of drug-likeness (QED) is 0.293. The Morgan fingerprint density at radius 2 is 1.78 bits per heavy atom. The summed E-state index contributed by atoms with van der Waals surface area (Å²) in [6.45, 7) is 5.91. The first-order valence-corrected chi connectivity index (χ1v) is 12.7. The molecule has 1 aromatic rings. The second-order valence-corrected chi connectivity index (χ2v) is 11.2. The van der Waals surface area contributed by atoms with Gasteiger partial charge in [-0.25, -0.2) is 9.59 Å². The van der Waals surface area contributed by atoms with Crippen LogP contribution in [0.4, 0.5) is 4.79 Å². The van der Waals surface area contributed by atoms with E-state index in [0.717, 1.165) is 4.90 Å². The first-order valence-electron chi connectivity index (χ1n) is 11.9. The van der Waals surface area contributed by atoms with Crippen molar-refractivity contribution < 1.29 is 33.5 Å². The summed E-state index contributed by atoms with van der Waals surface area (Å²) < 4.78 is 4.24. The standard InChI is InChI=1S/C24H29N5O7S/c1-5-27-11-12-28(20(33)19(27)32)23(35)26-14(13-9-7-6-8-10-13)17(30)25-15-18(31)29-16(22(34)36-4)24(2,3)37-21(15)29/h6-10,14-16,21H,5,11-12H2,1-4H3,(H,25,30)(H,26,35)/t14-,15-,16?,21-/m1/s1. The van der Waals surface area contributed by atoms with Crippen LogP contribution < -0.4 is 10.6 Å². The number of ether oxygens (including phenoxy) is 1. The molecule has 0 spiro atoms. The maximum atomic E-state index is 13.4. The van der Waals surface area contributed by atoms with Crippen LogP contribution in [0.3, 0.4) is 0 Å². The van der Waals surface area contributed by atoms with Gasteiger partial charge in [0.05, 0.1) is 7.11 Å². The number of nitrogens with one attached hydrogen (secondary N) is 2. The highest BCUT2D eigenvalue weighted by Crippen LogP contribution is 2.51. The van der Waals surface area contributed by atoms with Crippen LogP contribution in [0.5, 0.6) is 0 Å². The summed E-state index contributed by atoms with van der Waals surface area (Å²) in [5.74, 6) is -3.38. The number of likely N-dealkylation sites (N-methyl/N-ethyl adjacent to an activating group) is 1. The van der Waals surface area contributed by atoms with Crippen LogP contribution in [0, 0.1) is 0 Å². The number of rotatable bonds is 6. The Balaban J connectivity index is 1.51. The lowest BCUT2D eigenvalue weighted by Crippen LogP contribution is -2.71. The maximum absolute atomic E-state index is 13.4. The number of hydrogen-bond acceptors (Lipinski definition) is 8. The van der Waals surface area contributed by atoms with E-state index < -0.39 is 63.9 Å². The number of nitrogens with zero attached hydrogens (tertiary/aromatic N) is 3. The minimum absolute atomic E-state index is 0.00778. The number of carbonyl (C=O) groups is 6. The van der Waals surface area contributed by atoms with Crippen molar-refractivity contribution in [2.45, 2.75) is 49.0 Å². The number of methoxy groups -OCH3 is 1. The van der Waals surface area contributed by atoms with Gasteiger partial charge in [0.2, 0.25) is 11.8 Å². The molecule has 198 valence electrons. The van der Waals surface area contributed by atoms with E-state index in [9.17, 15) is 28.8 Å². The highest BCUT2D eigenvalue weighted by Gasteiger charge is 2.64. The summed E-state index contributed by atoms with van der Waals surface area (Å²) >= 11 is 1.38. The molecule has 13 heteroatoms. The minimum atomic E-state index is -1.24. The van der Waals surface area contributed by atoms with E-state index >= 15 is 0 Å². The van der Waals surface area contributed by atoms with Crippen LogP contribution >= 0.6 is 11.8 Å². The molecule has 0 aliphatic carbocycles. The molecular weight excluding hydrogens is 502 g/mol. The van der Waals surface area contributed by atoms with E-state index in [4.69, 9.17) is 4.74 Å². The van der Waals surface area contributed by atoms with Crippen LogP contribution in [-0.2, 0) is 28.7 Å². The summed E-state index contributed by atoms with van der Waals surface area (Å²) in [5.41, 5.74) is 0.426. The highest BCUT2D eigenvalue weighted by atomic mass is 32.2. The summed E-state index contributed by atoms with van der Waals surface area (Å²) in [4.78, 5) is 80.0.